The number of amides is 1. The highest BCUT2D eigenvalue weighted by Crippen LogP contribution is 2.23. The first-order chi connectivity index (χ1) is 8.58. The molecule has 0 aliphatic heterocycles. The summed E-state index contributed by atoms with van der Waals surface area (Å²) >= 11 is 17.8. The van der Waals surface area contributed by atoms with E-state index in [-0.39, 0.29) is 5.91 Å². The van der Waals surface area contributed by atoms with Crippen molar-refractivity contribution in [3.8, 4) is 0 Å². The molecule has 5 heteroatoms. The third-order valence-electron chi connectivity index (χ3n) is 2.53. The number of benzene rings is 1. The van der Waals surface area contributed by atoms with Gasteiger partial charge in [0.15, 0.2) is 0 Å². The Morgan fingerprint density at radius 2 is 2.00 bits per heavy atom. The van der Waals surface area contributed by atoms with E-state index in [0.717, 1.165) is 12.8 Å². The Labute approximate surface area is 120 Å². The van der Waals surface area contributed by atoms with E-state index in [1.807, 2.05) is 6.08 Å². The van der Waals surface area contributed by atoms with Crippen molar-refractivity contribution < 1.29 is 4.79 Å². The largest absolute Gasteiger partial charge is 0.321 e. The highest BCUT2D eigenvalue weighted by Gasteiger charge is 2.14. The molecular weight excluding hydrogens is 293 g/mol. The molecule has 1 aliphatic carbocycles. The molecule has 1 aromatic carbocycles. The zero-order valence-corrected chi connectivity index (χ0v) is 11.6. The molecule has 2 rings (SSSR count). The fraction of sp³-hybridized carbons (Fsp3) is 0.154. The Bertz CT molecular complexity index is 549. The van der Waals surface area contributed by atoms with Crippen LogP contribution in [-0.2, 0) is 0 Å². The summed E-state index contributed by atoms with van der Waals surface area (Å²) in [5.41, 5.74) is 0.996. The van der Waals surface area contributed by atoms with Crippen LogP contribution in [0.3, 0.4) is 0 Å². The molecular formula is C13H10Cl3NO. The number of carbonyl (C=O) groups excluding carboxylic acids is 1. The molecule has 0 fully saturated rings. The monoisotopic (exact) mass is 301 g/mol. The zero-order valence-electron chi connectivity index (χ0n) is 9.34. The molecule has 0 saturated carbocycles. The number of allylic oxidation sites excluding steroid dienone is 3. The number of rotatable bonds is 2. The Morgan fingerprint density at radius 1 is 1.22 bits per heavy atom. The van der Waals surface area contributed by atoms with Crippen LogP contribution in [0.25, 0.3) is 0 Å². The maximum absolute atomic E-state index is 12.0. The molecule has 1 amide bonds. The van der Waals surface area contributed by atoms with Gasteiger partial charge in [-0.3, -0.25) is 4.79 Å². The average Bonchev–Trinajstić information content (AvgIpc) is 2.32. The molecule has 18 heavy (non-hydrogen) atoms. The van der Waals surface area contributed by atoms with Crippen LogP contribution in [0.4, 0.5) is 0 Å². The maximum atomic E-state index is 12.0. The molecule has 0 unspecified atom stereocenters. The summed E-state index contributed by atoms with van der Waals surface area (Å²) in [5.74, 6) is -0.295. The predicted octanol–water partition coefficient (Wildman–Crippen LogP) is 4.52. The van der Waals surface area contributed by atoms with Gasteiger partial charge < -0.3 is 5.32 Å². The van der Waals surface area contributed by atoms with Crippen molar-refractivity contribution in [1.82, 2.24) is 5.32 Å². The normalized spacial score (nSPS) is 14.8. The lowest BCUT2D eigenvalue weighted by Crippen LogP contribution is -2.23. The first-order valence-electron chi connectivity index (χ1n) is 5.39. The smallest absolute Gasteiger partial charge is 0.257 e. The average molecular weight is 303 g/mol. The summed E-state index contributed by atoms with van der Waals surface area (Å²) in [7, 11) is 0. The summed E-state index contributed by atoms with van der Waals surface area (Å²) in [5, 5.41) is 4.20. The van der Waals surface area contributed by atoms with Crippen molar-refractivity contribution in [2.75, 3.05) is 0 Å². The van der Waals surface area contributed by atoms with E-state index >= 15 is 0 Å². The number of carbonyl (C=O) groups is 1. The van der Waals surface area contributed by atoms with Gasteiger partial charge in [-0.1, -0.05) is 40.9 Å². The minimum Gasteiger partial charge on any atom is -0.321 e. The van der Waals surface area contributed by atoms with Crippen molar-refractivity contribution >= 4 is 40.7 Å². The van der Waals surface area contributed by atoms with E-state index in [1.54, 1.807) is 18.2 Å². The Balaban J connectivity index is 2.20. The van der Waals surface area contributed by atoms with Crippen molar-refractivity contribution in [1.29, 1.82) is 0 Å². The lowest BCUT2D eigenvalue weighted by atomic mass is 10.1. The molecule has 0 heterocycles. The Morgan fingerprint density at radius 3 is 2.67 bits per heavy atom. The molecule has 0 radical (unpaired) electrons. The van der Waals surface area contributed by atoms with Gasteiger partial charge in [0, 0.05) is 10.1 Å². The lowest BCUT2D eigenvalue weighted by molar-refractivity contribution is 0.0967. The van der Waals surface area contributed by atoms with Crippen LogP contribution in [0.1, 0.15) is 23.2 Å². The molecule has 2 nitrogen and oxygen atoms in total. The number of hydrogen-bond acceptors (Lipinski definition) is 1. The second kappa shape index (κ2) is 5.79. The Hall–Kier alpha value is -0.960. The summed E-state index contributed by atoms with van der Waals surface area (Å²) < 4.78 is 0. The summed E-state index contributed by atoms with van der Waals surface area (Å²) in [6.07, 6.45) is 5.39. The highest BCUT2D eigenvalue weighted by molar-refractivity contribution is 6.36. The molecule has 0 saturated heterocycles. The molecule has 0 bridgehead atoms. The van der Waals surface area contributed by atoms with Crippen LogP contribution in [0.5, 0.6) is 0 Å². The van der Waals surface area contributed by atoms with Gasteiger partial charge in [0.25, 0.3) is 5.91 Å². The van der Waals surface area contributed by atoms with E-state index in [2.05, 4.69) is 5.32 Å². The van der Waals surface area contributed by atoms with Crippen molar-refractivity contribution in [2.24, 2.45) is 0 Å². The van der Waals surface area contributed by atoms with Crippen LogP contribution < -0.4 is 5.32 Å². The van der Waals surface area contributed by atoms with Crippen molar-refractivity contribution in [3.05, 3.63) is 56.7 Å². The van der Waals surface area contributed by atoms with E-state index in [4.69, 9.17) is 34.8 Å². The minimum atomic E-state index is -0.295. The second-order valence-electron chi connectivity index (χ2n) is 3.84. The highest BCUT2D eigenvalue weighted by atomic mass is 35.5. The maximum Gasteiger partial charge on any atom is 0.257 e. The fourth-order valence-electron chi connectivity index (χ4n) is 1.61. The van der Waals surface area contributed by atoms with E-state index in [1.165, 1.54) is 6.07 Å². The zero-order chi connectivity index (χ0) is 13.1. The van der Waals surface area contributed by atoms with E-state index < -0.39 is 0 Å². The molecule has 1 aliphatic rings. The summed E-state index contributed by atoms with van der Waals surface area (Å²) in [4.78, 5) is 12.0. The summed E-state index contributed by atoms with van der Waals surface area (Å²) in [6, 6.07) is 4.74. The van der Waals surface area contributed by atoms with Gasteiger partial charge in [-0.15, -0.1) is 0 Å². The van der Waals surface area contributed by atoms with E-state index in [9.17, 15) is 4.79 Å². The van der Waals surface area contributed by atoms with Crippen LogP contribution >= 0.6 is 34.8 Å². The van der Waals surface area contributed by atoms with Gasteiger partial charge in [-0.05, 0) is 37.1 Å². The van der Waals surface area contributed by atoms with Crippen LogP contribution in [-0.4, -0.2) is 5.91 Å². The third kappa shape index (κ3) is 3.08. The van der Waals surface area contributed by atoms with Crippen molar-refractivity contribution in [2.45, 2.75) is 12.8 Å². The van der Waals surface area contributed by atoms with Crippen LogP contribution in [0.15, 0.2) is 41.1 Å². The van der Waals surface area contributed by atoms with Gasteiger partial charge in [-0.25, -0.2) is 0 Å². The molecule has 94 valence electrons. The van der Waals surface area contributed by atoms with Crippen LogP contribution in [0.2, 0.25) is 10.0 Å². The SMILES string of the molecule is O=C(NC1=C(Cl)CCC=C1)c1ccc(Cl)cc1Cl. The van der Waals surface area contributed by atoms with Gasteiger partial charge in [0.05, 0.1) is 16.3 Å². The van der Waals surface area contributed by atoms with E-state index in [0.29, 0.717) is 26.3 Å². The number of halogens is 3. The Kier molecular flexibility index (Phi) is 4.33. The molecule has 1 aromatic rings. The van der Waals surface area contributed by atoms with Gasteiger partial charge in [0.2, 0.25) is 0 Å². The quantitative estimate of drug-likeness (QED) is 0.855. The van der Waals surface area contributed by atoms with Gasteiger partial charge in [-0.2, -0.15) is 0 Å². The van der Waals surface area contributed by atoms with Crippen molar-refractivity contribution in [3.63, 3.8) is 0 Å². The predicted molar refractivity (Wildman–Crippen MR) is 75.2 cm³/mol. The minimum absolute atomic E-state index is 0.295. The second-order valence-corrected chi connectivity index (χ2v) is 5.14. The van der Waals surface area contributed by atoms with Gasteiger partial charge >= 0.3 is 0 Å². The molecule has 0 atom stereocenters. The number of hydrogen-bond donors (Lipinski definition) is 1. The van der Waals surface area contributed by atoms with Crippen LogP contribution in [0, 0.1) is 0 Å². The van der Waals surface area contributed by atoms with Gasteiger partial charge in [0.1, 0.15) is 0 Å². The topological polar surface area (TPSA) is 29.1 Å². The summed E-state index contributed by atoms with van der Waals surface area (Å²) in [6.45, 7) is 0. The molecule has 0 spiro atoms. The lowest BCUT2D eigenvalue weighted by Gasteiger charge is -2.12. The molecule has 0 aromatic heterocycles. The third-order valence-corrected chi connectivity index (χ3v) is 3.47. The first-order valence-corrected chi connectivity index (χ1v) is 6.53. The number of nitrogens with one attached hydrogen (secondary N) is 1. The molecule has 1 N–H and O–H groups in total. The first kappa shape index (κ1) is 13.5. The standard InChI is InChI=1S/C13H10Cl3NO/c14-8-5-6-9(11(16)7-8)13(18)17-12-4-2-1-3-10(12)15/h2,4-7H,1,3H2,(H,17,18). The fourth-order valence-corrected chi connectivity index (χ4v) is 2.32.